The van der Waals surface area contributed by atoms with Gasteiger partial charge in [-0.2, -0.15) is 17.6 Å². The molecule has 0 saturated carbocycles. The van der Waals surface area contributed by atoms with Crippen molar-refractivity contribution in [3.63, 3.8) is 0 Å². The lowest BCUT2D eigenvalue weighted by atomic mass is 9.98. The minimum Gasteiger partial charge on any atom is -0.460 e. The van der Waals surface area contributed by atoms with Crippen molar-refractivity contribution in [3.8, 4) is 0 Å². The number of para-hydroxylation sites is 1. The van der Waals surface area contributed by atoms with Gasteiger partial charge in [0.2, 0.25) is 0 Å². The van der Waals surface area contributed by atoms with E-state index < -0.39 is 29.4 Å². The van der Waals surface area contributed by atoms with Crippen LogP contribution in [0.3, 0.4) is 0 Å². The highest BCUT2D eigenvalue weighted by molar-refractivity contribution is 5.95. The zero-order chi connectivity index (χ0) is 16.3. The van der Waals surface area contributed by atoms with E-state index in [-0.39, 0.29) is 28.7 Å². The molecule has 0 N–H and O–H groups in total. The first-order valence-corrected chi connectivity index (χ1v) is 6.54. The van der Waals surface area contributed by atoms with Crippen LogP contribution in [0, 0.1) is 0 Å². The van der Waals surface area contributed by atoms with Gasteiger partial charge in [-0.25, -0.2) is 8.78 Å². The molecule has 1 aromatic carbocycles. The summed E-state index contributed by atoms with van der Waals surface area (Å²) in [6.45, 7) is 1.57. The summed E-state index contributed by atoms with van der Waals surface area (Å²) < 4.78 is 86.8. The van der Waals surface area contributed by atoms with Crippen LogP contribution in [-0.2, 0) is 6.42 Å². The molecule has 7 heteroatoms. The van der Waals surface area contributed by atoms with Crippen LogP contribution >= 0.6 is 0 Å². The Balaban J connectivity index is 2.34. The number of benzene rings is 1. The molecule has 0 radical (unpaired) electrons. The number of rotatable bonds is 2. The summed E-state index contributed by atoms with van der Waals surface area (Å²) in [4.78, 5) is 0. The molecule has 22 heavy (non-hydrogen) atoms. The second-order valence-corrected chi connectivity index (χ2v) is 5.04. The summed E-state index contributed by atoms with van der Waals surface area (Å²) in [6, 6.07) is 5.92. The Labute approximate surface area is 121 Å². The molecule has 0 saturated heterocycles. The quantitative estimate of drug-likeness (QED) is 0.685. The van der Waals surface area contributed by atoms with Gasteiger partial charge < -0.3 is 4.42 Å². The molecule has 0 fully saturated rings. The van der Waals surface area contributed by atoms with Crippen molar-refractivity contribution < 1.29 is 30.8 Å². The summed E-state index contributed by atoms with van der Waals surface area (Å²) in [6.07, 6.45) is -3.32. The fraction of sp³-hybridized carbons (Fsp3) is 0.333. The van der Waals surface area contributed by atoms with Crippen LogP contribution in [0.4, 0.5) is 26.3 Å². The van der Waals surface area contributed by atoms with Gasteiger partial charge >= 0.3 is 11.8 Å². The minimum absolute atomic E-state index is 0.0116. The van der Waals surface area contributed by atoms with Crippen molar-refractivity contribution in [1.29, 1.82) is 0 Å². The van der Waals surface area contributed by atoms with E-state index in [1.54, 1.807) is 13.0 Å². The molecule has 0 amide bonds. The average molecular weight is 320 g/mol. The van der Waals surface area contributed by atoms with E-state index in [4.69, 9.17) is 4.42 Å². The SMILES string of the molecule is CCc1oc2ccccc2c1C1=C(F)C(F)(F)C(F)(F)C1F. The second kappa shape index (κ2) is 4.54. The topological polar surface area (TPSA) is 13.1 Å². The smallest absolute Gasteiger partial charge is 0.364 e. The molecule has 1 unspecified atom stereocenters. The third-order valence-corrected chi connectivity index (χ3v) is 3.76. The van der Waals surface area contributed by atoms with Gasteiger partial charge in [0.15, 0.2) is 12.0 Å². The van der Waals surface area contributed by atoms with Gasteiger partial charge in [-0.15, -0.1) is 0 Å². The third-order valence-electron chi connectivity index (χ3n) is 3.76. The Hall–Kier alpha value is -1.92. The van der Waals surface area contributed by atoms with Gasteiger partial charge in [-0.3, -0.25) is 0 Å². The van der Waals surface area contributed by atoms with Crippen molar-refractivity contribution in [2.75, 3.05) is 0 Å². The number of hydrogen-bond donors (Lipinski definition) is 0. The van der Waals surface area contributed by atoms with E-state index >= 15 is 0 Å². The van der Waals surface area contributed by atoms with Crippen molar-refractivity contribution in [1.82, 2.24) is 0 Å². The number of alkyl halides is 5. The van der Waals surface area contributed by atoms with Gasteiger partial charge in [0.05, 0.1) is 0 Å². The fourth-order valence-corrected chi connectivity index (χ4v) is 2.64. The van der Waals surface area contributed by atoms with Crippen LogP contribution in [0.15, 0.2) is 34.5 Å². The molecule has 1 aromatic heterocycles. The maximum absolute atomic E-state index is 13.9. The summed E-state index contributed by atoms with van der Waals surface area (Å²) >= 11 is 0. The maximum Gasteiger partial charge on any atom is 0.364 e. The molecule has 3 rings (SSSR count). The van der Waals surface area contributed by atoms with Gasteiger partial charge in [0, 0.05) is 22.9 Å². The first-order valence-electron chi connectivity index (χ1n) is 6.54. The standard InChI is InChI=1S/C15H10F6O/c1-2-8-10(7-5-3-4-6-9(7)22-8)11-12(16)14(18,19)15(20,21)13(11)17/h3-6,12H,2H2,1H3. The molecular weight excluding hydrogens is 310 g/mol. The predicted molar refractivity (Wildman–Crippen MR) is 68.4 cm³/mol. The zero-order valence-electron chi connectivity index (χ0n) is 11.3. The molecular formula is C15H10F6O. The summed E-state index contributed by atoms with van der Waals surface area (Å²) in [5.41, 5.74) is -1.47. The second-order valence-electron chi connectivity index (χ2n) is 5.04. The first-order chi connectivity index (χ1) is 10.2. The van der Waals surface area contributed by atoms with Crippen LogP contribution in [0.2, 0.25) is 0 Å². The molecule has 1 heterocycles. The number of halogens is 6. The maximum atomic E-state index is 13.9. The number of allylic oxidation sites excluding steroid dienone is 2. The van der Waals surface area contributed by atoms with Gasteiger partial charge in [-0.1, -0.05) is 25.1 Å². The fourth-order valence-electron chi connectivity index (χ4n) is 2.64. The lowest BCUT2D eigenvalue weighted by Gasteiger charge is -2.20. The van der Waals surface area contributed by atoms with Crippen LogP contribution in [0.1, 0.15) is 18.2 Å². The minimum atomic E-state index is -5.18. The lowest BCUT2D eigenvalue weighted by Crippen LogP contribution is -2.42. The van der Waals surface area contributed by atoms with Crippen LogP contribution in [0.5, 0.6) is 0 Å². The van der Waals surface area contributed by atoms with Gasteiger partial charge in [0.25, 0.3) is 0 Å². The number of hydrogen-bond acceptors (Lipinski definition) is 1. The molecule has 0 aliphatic heterocycles. The average Bonchev–Trinajstić information content (AvgIpc) is 2.89. The van der Waals surface area contributed by atoms with Gasteiger partial charge in [-0.05, 0) is 6.07 Å². The van der Waals surface area contributed by atoms with E-state index in [9.17, 15) is 26.3 Å². The molecule has 118 valence electrons. The monoisotopic (exact) mass is 320 g/mol. The Bertz CT molecular complexity index is 773. The van der Waals surface area contributed by atoms with Crippen molar-refractivity contribution in [2.24, 2.45) is 0 Å². The molecule has 0 spiro atoms. The normalized spacial score (nSPS) is 23.5. The Morgan fingerprint density at radius 1 is 1.14 bits per heavy atom. The third kappa shape index (κ3) is 1.68. The number of fused-ring (bicyclic) bond motifs is 1. The summed E-state index contributed by atoms with van der Waals surface area (Å²) in [5.74, 6) is -12.8. The van der Waals surface area contributed by atoms with Crippen molar-refractivity contribution in [3.05, 3.63) is 41.4 Å². The van der Waals surface area contributed by atoms with Crippen LogP contribution in [-0.4, -0.2) is 18.0 Å². The summed E-state index contributed by atoms with van der Waals surface area (Å²) in [7, 11) is 0. The molecule has 1 nitrogen and oxygen atoms in total. The Morgan fingerprint density at radius 2 is 1.77 bits per heavy atom. The Morgan fingerprint density at radius 3 is 2.32 bits per heavy atom. The van der Waals surface area contributed by atoms with E-state index in [1.807, 2.05) is 0 Å². The Kier molecular flexibility index (Phi) is 3.09. The first kappa shape index (κ1) is 15.0. The highest BCUT2D eigenvalue weighted by Gasteiger charge is 2.72. The molecule has 0 bridgehead atoms. The predicted octanol–water partition coefficient (Wildman–Crippen LogP) is 5.30. The van der Waals surface area contributed by atoms with E-state index in [0.29, 0.717) is 0 Å². The van der Waals surface area contributed by atoms with Crippen LogP contribution in [0.25, 0.3) is 16.5 Å². The summed E-state index contributed by atoms with van der Waals surface area (Å²) in [5, 5.41) is 0.126. The van der Waals surface area contributed by atoms with Crippen molar-refractivity contribution in [2.45, 2.75) is 31.4 Å². The molecule has 1 aliphatic carbocycles. The lowest BCUT2D eigenvalue weighted by molar-refractivity contribution is -0.203. The van der Waals surface area contributed by atoms with Crippen LogP contribution < -0.4 is 0 Å². The highest BCUT2D eigenvalue weighted by atomic mass is 19.3. The van der Waals surface area contributed by atoms with E-state index in [1.165, 1.54) is 18.2 Å². The number of furan rings is 1. The number of aryl methyl sites for hydroxylation is 1. The van der Waals surface area contributed by atoms with E-state index in [2.05, 4.69) is 0 Å². The largest absolute Gasteiger partial charge is 0.460 e. The molecule has 2 aromatic rings. The van der Waals surface area contributed by atoms with E-state index in [0.717, 1.165) is 0 Å². The molecule has 1 aliphatic rings. The molecule has 1 atom stereocenters. The van der Waals surface area contributed by atoms with Crippen molar-refractivity contribution >= 4 is 16.5 Å². The van der Waals surface area contributed by atoms with Gasteiger partial charge in [0.1, 0.15) is 11.3 Å². The highest BCUT2D eigenvalue weighted by Crippen LogP contribution is 2.57. The zero-order valence-corrected chi connectivity index (χ0v) is 11.3.